The molecule has 1 heterocycles. The highest BCUT2D eigenvalue weighted by atomic mass is 79.9. The van der Waals surface area contributed by atoms with Gasteiger partial charge in [0.25, 0.3) is 0 Å². The van der Waals surface area contributed by atoms with E-state index < -0.39 is 9.84 Å². The third-order valence-corrected chi connectivity index (χ3v) is 4.01. The van der Waals surface area contributed by atoms with Crippen LogP contribution in [-0.2, 0) is 9.84 Å². The zero-order valence-electron chi connectivity index (χ0n) is 6.27. The molecule has 12 heavy (non-hydrogen) atoms. The van der Waals surface area contributed by atoms with Crippen LogP contribution in [-0.4, -0.2) is 24.5 Å². The Bertz CT molecular complexity index is 336. The molecule has 0 aliphatic carbocycles. The molecule has 66 valence electrons. The number of alkyl halides is 1. The highest BCUT2D eigenvalue weighted by Gasteiger charge is 2.11. The van der Waals surface area contributed by atoms with Crippen molar-refractivity contribution in [2.75, 3.05) is 11.1 Å². The fourth-order valence-electron chi connectivity index (χ4n) is 0.765. The summed E-state index contributed by atoms with van der Waals surface area (Å²) in [6.45, 7) is 0. The molecule has 0 aliphatic rings. The molecule has 0 unspecified atom stereocenters. The van der Waals surface area contributed by atoms with Crippen molar-refractivity contribution in [3.05, 3.63) is 24.5 Å². The average Bonchev–Trinajstić information content (AvgIpc) is 2.06. The third kappa shape index (κ3) is 2.28. The molecule has 1 aromatic heterocycles. The number of rotatable bonds is 3. The summed E-state index contributed by atoms with van der Waals surface area (Å²) in [4.78, 5) is 4.07. The first-order chi connectivity index (χ1) is 5.67. The van der Waals surface area contributed by atoms with Gasteiger partial charge in [-0.3, -0.25) is 4.98 Å². The molecular weight excluding hydrogens is 242 g/mol. The predicted octanol–water partition coefficient (Wildman–Crippen LogP) is 1.25. The fourth-order valence-corrected chi connectivity index (χ4v) is 3.02. The fraction of sp³-hybridized carbons (Fsp3) is 0.286. The van der Waals surface area contributed by atoms with E-state index in [0.29, 0.717) is 10.2 Å². The number of halogens is 1. The van der Waals surface area contributed by atoms with Crippen molar-refractivity contribution in [3.8, 4) is 0 Å². The van der Waals surface area contributed by atoms with Crippen LogP contribution < -0.4 is 0 Å². The van der Waals surface area contributed by atoms with Crippen LogP contribution in [0.2, 0.25) is 0 Å². The second-order valence-corrected chi connectivity index (χ2v) is 5.09. The molecule has 0 saturated heterocycles. The Balaban J connectivity index is 2.99. The van der Waals surface area contributed by atoms with Gasteiger partial charge in [0, 0.05) is 17.7 Å². The lowest BCUT2D eigenvalue weighted by Gasteiger charge is -1.99. The normalized spacial score (nSPS) is 11.4. The van der Waals surface area contributed by atoms with Gasteiger partial charge in [-0.2, -0.15) is 0 Å². The zero-order chi connectivity index (χ0) is 9.03. The van der Waals surface area contributed by atoms with E-state index in [1.165, 1.54) is 24.5 Å². The van der Waals surface area contributed by atoms with Crippen LogP contribution >= 0.6 is 15.9 Å². The van der Waals surface area contributed by atoms with E-state index in [9.17, 15) is 8.42 Å². The number of nitrogens with zero attached hydrogens (tertiary/aromatic N) is 1. The van der Waals surface area contributed by atoms with Gasteiger partial charge >= 0.3 is 0 Å². The van der Waals surface area contributed by atoms with Crippen molar-refractivity contribution >= 4 is 25.8 Å². The van der Waals surface area contributed by atoms with Crippen LogP contribution in [0.25, 0.3) is 0 Å². The van der Waals surface area contributed by atoms with Crippen molar-refractivity contribution in [2.24, 2.45) is 0 Å². The minimum absolute atomic E-state index is 0.122. The molecule has 0 aromatic carbocycles. The third-order valence-electron chi connectivity index (χ3n) is 1.35. The van der Waals surface area contributed by atoms with Crippen molar-refractivity contribution in [1.29, 1.82) is 0 Å². The van der Waals surface area contributed by atoms with E-state index in [1.54, 1.807) is 0 Å². The first-order valence-electron chi connectivity index (χ1n) is 3.35. The Morgan fingerprint density at radius 2 is 1.92 bits per heavy atom. The molecular formula is C7H8BrNO2S. The lowest BCUT2D eigenvalue weighted by atomic mass is 10.5. The van der Waals surface area contributed by atoms with E-state index in [4.69, 9.17) is 0 Å². The Labute approximate surface area is 79.9 Å². The monoisotopic (exact) mass is 249 g/mol. The van der Waals surface area contributed by atoms with Gasteiger partial charge in [-0.1, -0.05) is 15.9 Å². The van der Waals surface area contributed by atoms with Gasteiger partial charge in [-0.05, 0) is 12.1 Å². The lowest BCUT2D eigenvalue weighted by Crippen LogP contribution is -2.07. The maximum Gasteiger partial charge on any atom is 0.179 e. The highest BCUT2D eigenvalue weighted by molar-refractivity contribution is 9.09. The van der Waals surface area contributed by atoms with Crippen molar-refractivity contribution < 1.29 is 8.42 Å². The van der Waals surface area contributed by atoms with Gasteiger partial charge in [0.15, 0.2) is 9.84 Å². The number of hydrogen-bond acceptors (Lipinski definition) is 3. The average molecular weight is 250 g/mol. The van der Waals surface area contributed by atoms with Gasteiger partial charge in [-0.15, -0.1) is 0 Å². The summed E-state index contributed by atoms with van der Waals surface area (Å²) in [6, 6.07) is 3.00. The summed E-state index contributed by atoms with van der Waals surface area (Å²) < 4.78 is 22.7. The molecule has 1 aromatic rings. The summed E-state index contributed by atoms with van der Waals surface area (Å²) in [5, 5.41) is 0.456. The topological polar surface area (TPSA) is 47.0 Å². The Morgan fingerprint density at radius 1 is 1.33 bits per heavy atom. The number of aromatic nitrogens is 1. The quantitative estimate of drug-likeness (QED) is 0.758. The summed E-state index contributed by atoms with van der Waals surface area (Å²) in [5.74, 6) is 0.122. The number of sulfone groups is 1. The van der Waals surface area contributed by atoms with E-state index >= 15 is 0 Å². The lowest BCUT2D eigenvalue weighted by molar-refractivity contribution is 0.597. The minimum atomic E-state index is -3.10. The number of hydrogen-bond donors (Lipinski definition) is 0. The standard InChI is InChI=1S/C7H8BrNO2S/c8-3-6-12(10,11)7-1-4-9-5-2-7/h1-2,4-5H,3,6H2. The van der Waals surface area contributed by atoms with Gasteiger partial charge in [0.1, 0.15) is 0 Å². The summed E-state index contributed by atoms with van der Waals surface area (Å²) in [6.07, 6.45) is 2.95. The maximum absolute atomic E-state index is 11.4. The highest BCUT2D eigenvalue weighted by Crippen LogP contribution is 2.09. The molecule has 0 saturated carbocycles. The second-order valence-electron chi connectivity index (χ2n) is 2.19. The maximum atomic E-state index is 11.4. The van der Waals surface area contributed by atoms with Gasteiger partial charge in [-0.25, -0.2) is 8.42 Å². The molecule has 1 rings (SSSR count). The smallest absolute Gasteiger partial charge is 0.179 e. The summed E-state index contributed by atoms with van der Waals surface area (Å²) in [5.41, 5.74) is 0. The molecule has 0 spiro atoms. The molecule has 0 aliphatic heterocycles. The molecule has 0 amide bonds. The van der Waals surface area contributed by atoms with Crippen LogP contribution in [0.5, 0.6) is 0 Å². The molecule has 0 radical (unpaired) electrons. The van der Waals surface area contributed by atoms with E-state index in [-0.39, 0.29) is 5.75 Å². The van der Waals surface area contributed by atoms with Crippen molar-refractivity contribution in [2.45, 2.75) is 4.90 Å². The molecule has 0 bridgehead atoms. The molecule has 5 heteroatoms. The zero-order valence-corrected chi connectivity index (χ0v) is 8.68. The molecule has 0 atom stereocenters. The van der Waals surface area contributed by atoms with Gasteiger partial charge in [0.05, 0.1) is 10.6 Å². The first-order valence-corrected chi connectivity index (χ1v) is 6.13. The Morgan fingerprint density at radius 3 is 2.42 bits per heavy atom. The SMILES string of the molecule is O=S(=O)(CCBr)c1ccncc1. The van der Waals surface area contributed by atoms with Crippen LogP contribution in [0, 0.1) is 0 Å². The Kier molecular flexibility index (Phi) is 3.22. The largest absolute Gasteiger partial charge is 0.265 e. The van der Waals surface area contributed by atoms with Crippen LogP contribution in [0.15, 0.2) is 29.4 Å². The summed E-state index contributed by atoms with van der Waals surface area (Å²) >= 11 is 3.09. The van der Waals surface area contributed by atoms with Gasteiger partial charge < -0.3 is 0 Å². The number of pyridine rings is 1. The molecule has 3 nitrogen and oxygen atoms in total. The van der Waals surface area contributed by atoms with E-state index in [2.05, 4.69) is 20.9 Å². The van der Waals surface area contributed by atoms with E-state index in [1.807, 2.05) is 0 Å². The van der Waals surface area contributed by atoms with Crippen molar-refractivity contribution in [3.63, 3.8) is 0 Å². The van der Waals surface area contributed by atoms with E-state index in [0.717, 1.165) is 0 Å². The molecule has 0 fully saturated rings. The van der Waals surface area contributed by atoms with Crippen LogP contribution in [0.3, 0.4) is 0 Å². The van der Waals surface area contributed by atoms with Crippen LogP contribution in [0.4, 0.5) is 0 Å². The Hall–Kier alpha value is -0.420. The predicted molar refractivity (Wildman–Crippen MR) is 50.1 cm³/mol. The first kappa shape index (κ1) is 9.67. The summed E-state index contributed by atoms with van der Waals surface area (Å²) in [7, 11) is -3.10. The molecule has 0 N–H and O–H groups in total. The van der Waals surface area contributed by atoms with Gasteiger partial charge in [0.2, 0.25) is 0 Å². The van der Waals surface area contributed by atoms with Crippen molar-refractivity contribution in [1.82, 2.24) is 4.98 Å². The minimum Gasteiger partial charge on any atom is -0.265 e. The second kappa shape index (κ2) is 4.00. The van der Waals surface area contributed by atoms with Crippen LogP contribution in [0.1, 0.15) is 0 Å².